The molecule has 0 saturated heterocycles. The maximum atomic E-state index is 12.7. The molecule has 0 aromatic heterocycles. The van der Waals surface area contributed by atoms with Gasteiger partial charge in [-0.25, -0.2) is 16.8 Å². The quantitative estimate of drug-likeness (QED) is 0.557. The lowest BCUT2D eigenvalue weighted by Crippen LogP contribution is -2.35. The maximum absolute atomic E-state index is 12.7. The summed E-state index contributed by atoms with van der Waals surface area (Å²) in [4.78, 5) is 35.8. The van der Waals surface area contributed by atoms with Gasteiger partial charge in [-0.3, -0.25) is 14.4 Å². The molecular formula is C16H18O7S2. The number of Topliss-reactive ketones (excluding diaryl/α,β-unsaturated/α-hetero) is 3. The van der Waals surface area contributed by atoms with E-state index >= 15 is 0 Å². The molecule has 0 aliphatic heterocycles. The van der Waals surface area contributed by atoms with Gasteiger partial charge in [0.05, 0.1) is 9.79 Å². The molecule has 0 spiro atoms. The van der Waals surface area contributed by atoms with Crippen molar-refractivity contribution < 1.29 is 31.2 Å². The minimum atomic E-state index is -3.96. The Kier molecular flexibility index (Phi) is 5.02. The minimum Gasteiger partial charge on any atom is -0.298 e. The Balaban J connectivity index is 2.71. The second-order valence-corrected chi connectivity index (χ2v) is 10.1. The predicted octanol–water partition coefficient (Wildman–Crippen LogP) is 0.923. The van der Waals surface area contributed by atoms with Gasteiger partial charge in [0.25, 0.3) is 0 Å². The average molecular weight is 386 g/mol. The average Bonchev–Trinajstić information content (AvgIpc) is 2.44. The summed E-state index contributed by atoms with van der Waals surface area (Å²) in [5.41, 5.74) is -0.192. The van der Waals surface area contributed by atoms with E-state index in [0.717, 1.165) is 24.6 Å². The van der Waals surface area contributed by atoms with Gasteiger partial charge in [0.2, 0.25) is 0 Å². The van der Waals surface area contributed by atoms with Gasteiger partial charge in [0.15, 0.2) is 37.0 Å². The number of ketones is 3. The molecule has 1 fully saturated rings. The van der Waals surface area contributed by atoms with Gasteiger partial charge in [-0.15, -0.1) is 0 Å². The highest BCUT2D eigenvalue weighted by atomic mass is 32.2. The predicted molar refractivity (Wildman–Crippen MR) is 89.1 cm³/mol. The number of sulfone groups is 2. The summed E-state index contributed by atoms with van der Waals surface area (Å²) in [6, 6.07) is 2.20. The smallest absolute Gasteiger partial charge is 0.181 e. The van der Waals surface area contributed by atoms with Crippen molar-refractivity contribution in [1.82, 2.24) is 0 Å². The molecule has 1 aromatic carbocycles. The van der Waals surface area contributed by atoms with Gasteiger partial charge >= 0.3 is 0 Å². The van der Waals surface area contributed by atoms with Crippen molar-refractivity contribution >= 4 is 37.0 Å². The van der Waals surface area contributed by atoms with Gasteiger partial charge in [-0.2, -0.15) is 0 Å². The molecule has 1 aromatic rings. The number of benzene rings is 1. The van der Waals surface area contributed by atoms with Crippen molar-refractivity contribution in [2.75, 3.05) is 12.5 Å². The Morgan fingerprint density at radius 1 is 0.960 bits per heavy atom. The van der Waals surface area contributed by atoms with Gasteiger partial charge in [-0.1, -0.05) is 0 Å². The van der Waals surface area contributed by atoms with Crippen LogP contribution in [0.1, 0.15) is 35.2 Å². The SMILES string of the molecule is Cc1c(C(=O)C2C(=O)CCCC2=O)ccc(S(C)(=O)=O)c1S(C)(=O)=O. The molecule has 0 bridgehead atoms. The van der Waals surface area contributed by atoms with Crippen LogP contribution in [0.3, 0.4) is 0 Å². The van der Waals surface area contributed by atoms with Crippen molar-refractivity contribution in [3.63, 3.8) is 0 Å². The fraction of sp³-hybridized carbons (Fsp3) is 0.438. The van der Waals surface area contributed by atoms with E-state index in [4.69, 9.17) is 0 Å². The molecule has 0 amide bonds. The molecule has 1 saturated carbocycles. The monoisotopic (exact) mass is 386 g/mol. The molecule has 1 aliphatic carbocycles. The number of hydrogen-bond donors (Lipinski definition) is 0. The first-order chi connectivity index (χ1) is 11.4. The van der Waals surface area contributed by atoms with Crippen LogP contribution in [0.4, 0.5) is 0 Å². The van der Waals surface area contributed by atoms with Crippen LogP contribution in [-0.4, -0.2) is 46.7 Å². The maximum Gasteiger partial charge on any atom is 0.181 e. The largest absolute Gasteiger partial charge is 0.298 e. The Morgan fingerprint density at radius 3 is 1.92 bits per heavy atom. The summed E-state index contributed by atoms with van der Waals surface area (Å²) in [5.74, 6) is -3.21. The second-order valence-electron chi connectivity index (χ2n) is 6.19. The lowest BCUT2D eigenvalue weighted by molar-refractivity contribution is -0.133. The molecule has 0 heterocycles. The summed E-state index contributed by atoms with van der Waals surface area (Å²) >= 11 is 0. The topological polar surface area (TPSA) is 119 Å². The summed E-state index contributed by atoms with van der Waals surface area (Å²) in [7, 11) is -7.81. The Bertz CT molecular complexity index is 970. The molecular weight excluding hydrogens is 368 g/mol. The van der Waals surface area contributed by atoms with E-state index in [2.05, 4.69) is 0 Å². The highest BCUT2D eigenvalue weighted by Gasteiger charge is 2.38. The van der Waals surface area contributed by atoms with Crippen LogP contribution in [0, 0.1) is 12.8 Å². The zero-order chi connectivity index (χ0) is 19.2. The number of carbonyl (C=O) groups excluding carboxylic acids is 3. The zero-order valence-electron chi connectivity index (χ0n) is 14.0. The zero-order valence-corrected chi connectivity index (χ0v) is 15.7. The molecule has 25 heavy (non-hydrogen) atoms. The van der Waals surface area contributed by atoms with Crippen LogP contribution in [-0.2, 0) is 29.3 Å². The molecule has 9 heteroatoms. The van der Waals surface area contributed by atoms with Gasteiger partial charge < -0.3 is 0 Å². The molecule has 0 N–H and O–H groups in total. The first kappa shape index (κ1) is 19.5. The number of rotatable bonds is 4. The van der Waals surface area contributed by atoms with E-state index in [1.807, 2.05) is 0 Å². The van der Waals surface area contributed by atoms with Crippen molar-refractivity contribution in [3.05, 3.63) is 23.3 Å². The third kappa shape index (κ3) is 3.72. The first-order valence-corrected chi connectivity index (χ1v) is 11.3. The molecule has 1 aliphatic rings. The molecule has 2 rings (SSSR count). The molecule has 136 valence electrons. The van der Waals surface area contributed by atoms with E-state index in [9.17, 15) is 31.2 Å². The van der Waals surface area contributed by atoms with E-state index in [1.165, 1.54) is 6.92 Å². The van der Waals surface area contributed by atoms with Crippen LogP contribution in [0.15, 0.2) is 21.9 Å². The Hall–Kier alpha value is -1.87. The van der Waals surface area contributed by atoms with E-state index in [-0.39, 0.29) is 24.0 Å². The van der Waals surface area contributed by atoms with E-state index in [0.29, 0.717) is 6.42 Å². The lowest BCUT2D eigenvalue weighted by atomic mass is 9.81. The van der Waals surface area contributed by atoms with Gasteiger partial charge in [0.1, 0.15) is 5.92 Å². The van der Waals surface area contributed by atoms with Crippen LogP contribution < -0.4 is 0 Å². The minimum absolute atomic E-state index is 0.0680. The van der Waals surface area contributed by atoms with Gasteiger partial charge in [-0.05, 0) is 31.0 Å². The van der Waals surface area contributed by atoms with Crippen LogP contribution >= 0.6 is 0 Å². The highest BCUT2D eigenvalue weighted by molar-refractivity contribution is 7.93. The molecule has 7 nitrogen and oxygen atoms in total. The standard InChI is InChI=1S/C16H18O7S2/c1-9-10(15(19)14-11(17)5-4-6-12(14)18)7-8-13(24(2,20)21)16(9)25(3,22)23/h7-8,14H,4-6H2,1-3H3. The lowest BCUT2D eigenvalue weighted by Gasteiger charge is -2.20. The summed E-state index contributed by atoms with van der Waals surface area (Å²) in [5, 5.41) is 0. The van der Waals surface area contributed by atoms with Crippen molar-refractivity contribution in [2.45, 2.75) is 36.0 Å². The second kappa shape index (κ2) is 6.45. The van der Waals surface area contributed by atoms with E-state index < -0.39 is 52.7 Å². The third-order valence-electron chi connectivity index (χ3n) is 4.16. The van der Waals surface area contributed by atoms with Crippen LogP contribution in [0.2, 0.25) is 0 Å². The Morgan fingerprint density at radius 2 is 1.48 bits per heavy atom. The molecule has 0 atom stereocenters. The number of carbonyl (C=O) groups is 3. The fourth-order valence-corrected chi connectivity index (χ4v) is 5.85. The normalized spacial score (nSPS) is 16.9. The Labute approximate surface area is 146 Å². The summed E-state index contributed by atoms with van der Waals surface area (Å²) in [6.45, 7) is 1.30. The molecule has 0 unspecified atom stereocenters. The van der Waals surface area contributed by atoms with Crippen molar-refractivity contribution in [2.24, 2.45) is 5.92 Å². The van der Waals surface area contributed by atoms with Crippen LogP contribution in [0.25, 0.3) is 0 Å². The number of hydrogen-bond acceptors (Lipinski definition) is 7. The van der Waals surface area contributed by atoms with Crippen molar-refractivity contribution in [1.29, 1.82) is 0 Å². The van der Waals surface area contributed by atoms with Crippen LogP contribution in [0.5, 0.6) is 0 Å². The summed E-state index contributed by atoms with van der Waals surface area (Å²) in [6.07, 6.45) is 2.33. The summed E-state index contributed by atoms with van der Waals surface area (Å²) < 4.78 is 47.9. The van der Waals surface area contributed by atoms with Crippen molar-refractivity contribution in [3.8, 4) is 0 Å². The third-order valence-corrected chi connectivity index (χ3v) is 6.69. The highest BCUT2D eigenvalue weighted by Crippen LogP contribution is 2.30. The first-order valence-electron chi connectivity index (χ1n) is 7.49. The van der Waals surface area contributed by atoms with Gasteiger partial charge in [0, 0.05) is 30.9 Å². The van der Waals surface area contributed by atoms with E-state index in [1.54, 1.807) is 0 Å². The fourth-order valence-electron chi connectivity index (χ4n) is 3.04. The molecule has 0 radical (unpaired) electrons.